The highest BCUT2D eigenvalue weighted by atomic mass is 79.9. The smallest absolute Gasteiger partial charge is 0.202 e. The SMILES string of the molecule is ONC(=Nc1ccc(F)c(Br)c1)c1nonc1NCCN1CCSCC1. The van der Waals surface area contributed by atoms with Crippen molar-refractivity contribution in [2.75, 3.05) is 43.0 Å². The van der Waals surface area contributed by atoms with Crippen LogP contribution >= 0.6 is 27.7 Å². The zero-order valence-corrected chi connectivity index (χ0v) is 16.2. The lowest BCUT2D eigenvalue weighted by atomic mass is 10.3. The molecule has 8 nitrogen and oxygen atoms in total. The van der Waals surface area contributed by atoms with Crippen LogP contribution in [-0.2, 0) is 0 Å². The van der Waals surface area contributed by atoms with E-state index in [2.05, 4.69) is 41.5 Å². The van der Waals surface area contributed by atoms with E-state index in [0.29, 0.717) is 18.1 Å². The lowest BCUT2D eigenvalue weighted by molar-refractivity contribution is 0.234. The second-order valence-electron chi connectivity index (χ2n) is 5.51. The summed E-state index contributed by atoms with van der Waals surface area (Å²) in [6.45, 7) is 3.67. The molecule has 0 bridgehead atoms. The third-order valence-electron chi connectivity index (χ3n) is 3.79. The summed E-state index contributed by atoms with van der Waals surface area (Å²) in [6, 6.07) is 4.24. The van der Waals surface area contributed by atoms with Gasteiger partial charge in [-0.15, -0.1) is 0 Å². The van der Waals surface area contributed by atoms with E-state index in [0.717, 1.165) is 31.1 Å². The van der Waals surface area contributed by atoms with Gasteiger partial charge in [-0.25, -0.2) is 14.0 Å². The van der Waals surface area contributed by atoms with E-state index in [4.69, 9.17) is 4.63 Å². The Hall–Kier alpha value is -1.69. The quantitative estimate of drug-likeness (QED) is 0.355. The van der Waals surface area contributed by atoms with Crippen LogP contribution in [0.25, 0.3) is 0 Å². The highest BCUT2D eigenvalue weighted by molar-refractivity contribution is 9.10. The van der Waals surface area contributed by atoms with Crippen LogP contribution in [0.1, 0.15) is 5.69 Å². The number of hydrogen-bond donors (Lipinski definition) is 3. The number of anilines is 1. The average molecular weight is 445 g/mol. The molecule has 1 aromatic carbocycles. The third-order valence-corrected chi connectivity index (χ3v) is 5.34. The van der Waals surface area contributed by atoms with Gasteiger partial charge >= 0.3 is 0 Å². The first kappa shape index (κ1) is 19.1. The van der Waals surface area contributed by atoms with E-state index >= 15 is 0 Å². The minimum absolute atomic E-state index is 0.0432. The lowest BCUT2D eigenvalue weighted by Gasteiger charge is -2.25. The standard InChI is InChI=1S/C15H18BrFN6O2S/c16-11-9-10(1-2-12(11)17)19-15(20-24)13-14(22-25-21-13)18-3-4-23-5-7-26-8-6-23/h1-2,9,24H,3-8H2,(H,18,22)(H,19,20). The predicted molar refractivity (Wildman–Crippen MR) is 102 cm³/mol. The molecule has 2 heterocycles. The van der Waals surface area contributed by atoms with E-state index in [1.807, 2.05) is 17.2 Å². The summed E-state index contributed by atoms with van der Waals surface area (Å²) in [5.41, 5.74) is 2.66. The Morgan fingerprint density at radius 2 is 2.19 bits per heavy atom. The number of aromatic nitrogens is 2. The molecule has 0 atom stereocenters. The molecule has 0 unspecified atom stereocenters. The van der Waals surface area contributed by atoms with E-state index in [-0.39, 0.29) is 16.0 Å². The van der Waals surface area contributed by atoms with Crippen molar-refractivity contribution < 1.29 is 14.2 Å². The van der Waals surface area contributed by atoms with Gasteiger partial charge in [0.1, 0.15) is 5.82 Å². The first-order valence-electron chi connectivity index (χ1n) is 7.98. The first-order chi connectivity index (χ1) is 12.7. The Kier molecular flexibility index (Phi) is 6.83. The van der Waals surface area contributed by atoms with Gasteiger partial charge in [-0.3, -0.25) is 15.6 Å². The molecule has 11 heteroatoms. The van der Waals surface area contributed by atoms with Crippen LogP contribution in [0.2, 0.25) is 0 Å². The van der Waals surface area contributed by atoms with Crippen LogP contribution in [0.5, 0.6) is 0 Å². The molecule has 1 saturated heterocycles. The molecular weight excluding hydrogens is 427 g/mol. The maximum absolute atomic E-state index is 13.3. The molecule has 26 heavy (non-hydrogen) atoms. The molecule has 0 saturated carbocycles. The summed E-state index contributed by atoms with van der Waals surface area (Å²) in [7, 11) is 0. The van der Waals surface area contributed by atoms with Gasteiger partial charge in [-0.1, -0.05) is 0 Å². The monoisotopic (exact) mass is 444 g/mol. The number of rotatable bonds is 6. The summed E-state index contributed by atoms with van der Waals surface area (Å²) >= 11 is 5.06. The van der Waals surface area contributed by atoms with Crippen molar-refractivity contribution in [3.05, 3.63) is 34.2 Å². The van der Waals surface area contributed by atoms with Gasteiger partial charge < -0.3 is 5.32 Å². The fourth-order valence-electron chi connectivity index (χ4n) is 2.43. The van der Waals surface area contributed by atoms with Crippen LogP contribution in [0.15, 0.2) is 32.3 Å². The molecule has 2 aromatic rings. The molecule has 1 aromatic heterocycles. The maximum Gasteiger partial charge on any atom is 0.202 e. The number of hydrogen-bond acceptors (Lipinski definition) is 8. The number of nitrogens with one attached hydrogen (secondary N) is 2. The Labute approximate surface area is 162 Å². The van der Waals surface area contributed by atoms with Gasteiger partial charge in [-0.05, 0) is 44.4 Å². The second kappa shape index (κ2) is 9.31. The van der Waals surface area contributed by atoms with Gasteiger partial charge in [0, 0.05) is 37.7 Å². The summed E-state index contributed by atoms with van der Waals surface area (Å²) in [5, 5.41) is 20.2. The van der Waals surface area contributed by atoms with Crippen LogP contribution in [0.3, 0.4) is 0 Å². The average Bonchev–Trinajstić information content (AvgIpc) is 3.12. The Morgan fingerprint density at radius 1 is 1.38 bits per heavy atom. The van der Waals surface area contributed by atoms with Crippen LogP contribution in [0.4, 0.5) is 15.9 Å². The van der Waals surface area contributed by atoms with Crippen molar-refractivity contribution in [1.29, 1.82) is 0 Å². The molecule has 0 aliphatic carbocycles. The fourth-order valence-corrected chi connectivity index (χ4v) is 3.78. The van der Waals surface area contributed by atoms with Crippen LogP contribution in [0, 0.1) is 5.82 Å². The van der Waals surface area contributed by atoms with Gasteiger partial charge in [-0.2, -0.15) is 11.8 Å². The van der Waals surface area contributed by atoms with Crippen LogP contribution < -0.4 is 10.8 Å². The molecule has 0 spiro atoms. The van der Waals surface area contributed by atoms with Crippen LogP contribution in [-0.4, -0.2) is 63.9 Å². The molecule has 1 aliphatic rings. The van der Waals surface area contributed by atoms with E-state index in [9.17, 15) is 9.60 Å². The molecule has 140 valence electrons. The van der Waals surface area contributed by atoms with Gasteiger partial charge in [0.05, 0.1) is 10.2 Å². The van der Waals surface area contributed by atoms with Crippen molar-refractivity contribution in [2.45, 2.75) is 0 Å². The lowest BCUT2D eigenvalue weighted by Crippen LogP contribution is -2.36. The molecule has 1 aliphatic heterocycles. The molecular formula is C15H18BrFN6O2S. The van der Waals surface area contributed by atoms with E-state index in [1.165, 1.54) is 18.2 Å². The molecule has 3 rings (SSSR count). The topological polar surface area (TPSA) is 98.8 Å². The zero-order chi connectivity index (χ0) is 18.4. The normalized spacial score (nSPS) is 15.9. The van der Waals surface area contributed by atoms with Gasteiger partial charge in [0.15, 0.2) is 11.5 Å². The van der Waals surface area contributed by atoms with E-state index < -0.39 is 5.82 Å². The third kappa shape index (κ3) is 4.93. The largest absolute Gasteiger partial charge is 0.364 e. The zero-order valence-electron chi connectivity index (χ0n) is 13.8. The van der Waals surface area contributed by atoms with Crippen molar-refractivity contribution in [3.63, 3.8) is 0 Å². The van der Waals surface area contributed by atoms with Crippen molar-refractivity contribution in [2.24, 2.45) is 4.99 Å². The fraction of sp³-hybridized carbons (Fsp3) is 0.400. The van der Waals surface area contributed by atoms with Crippen molar-refractivity contribution in [3.8, 4) is 0 Å². The summed E-state index contributed by atoms with van der Waals surface area (Å²) in [4.78, 5) is 6.59. The van der Waals surface area contributed by atoms with Gasteiger partial charge in [0.2, 0.25) is 5.82 Å². The molecule has 3 N–H and O–H groups in total. The summed E-state index contributed by atoms with van der Waals surface area (Å²) in [6.07, 6.45) is 0. The summed E-state index contributed by atoms with van der Waals surface area (Å²) < 4.78 is 18.4. The number of nitrogens with zero attached hydrogens (tertiary/aromatic N) is 4. The molecule has 1 fully saturated rings. The first-order valence-corrected chi connectivity index (χ1v) is 9.93. The Bertz CT molecular complexity index is 768. The maximum atomic E-state index is 13.3. The highest BCUT2D eigenvalue weighted by Crippen LogP contribution is 2.23. The summed E-state index contributed by atoms with van der Waals surface area (Å²) in [5.74, 6) is 2.31. The number of aliphatic imine (C=N–C) groups is 1. The number of thioether (sulfide) groups is 1. The minimum Gasteiger partial charge on any atom is -0.364 e. The second-order valence-corrected chi connectivity index (χ2v) is 7.59. The minimum atomic E-state index is -0.399. The van der Waals surface area contributed by atoms with E-state index in [1.54, 1.807) is 0 Å². The number of amidine groups is 1. The predicted octanol–water partition coefficient (Wildman–Crippen LogP) is 2.49. The number of hydroxylamine groups is 1. The van der Waals surface area contributed by atoms with Gasteiger partial charge in [0.25, 0.3) is 0 Å². The van der Waals surface area contributed by atoms with Crippen molar-refractivity contribution >= 4 is 45.0 Å². The Morgan fingerprint density at radius 3 is 2.92 bits per heavy atom. The molecule has 0 amide bonds. The Balaban J connectivity index is 1.68. The van der Waals surface area contributed by atoms with Crippen molar-refractivity contribution in [1.82, 2.24) is 20.7 Å². The number of halogens is 2. The number of benzene rings is 1. The molecule has 0 radical (unpaired) electrons. The highest BCUT2D eigenvalue weighted by Gasteiger charge is 2.17.